The highest BCUT2D eigenvalue weighted by Gasteiger charge is 2.43. The second kappa shape index (κ2) is 10.9. The molecule has 1 aliphatic rings. The normalized spacial score (nSPS) is 14.9. The van der Waals surface area contributed by atoms with Crippen LogP contribution in [-0.2, 0) is 14.3 Å². The molecule has 2 N–H and O–H groups in total. The third-order valence-electron chi connectivity index (χ3n) is 6.69. The highest BCUT2D eigenvalue weighted by molar-refractivity contribution is 6.00. The van der Waals surface area contributed by atoms with Crippen LogP contribution in [0.25, 0.3) is 10.8 Å². The smallest absolute Gasteiger partial charge is 0.408 e. The topological polar surface area (TPSA) is 87.7 Å². The van der Waals surface area contributed by atoms with Crippen molar-refractivity contribution in [3.8, 4) is 0 Å². The molecule has 3 aromatic rings. The number of rotatable bonds is 7. The van der Waals surface area contributed by atoms with Gasteiger partial charge < -0.3 is 20.3 Å². The molecule has 7 heteroatoms. The Labute approximate surface area is 224 Å². The van der Waals surface area contributed by atoms with Crippen LogP contribution < -0.4 is 10.6 Å². The summed E-state index contributed by atoms with van der Waals surface area (Å²) in [6, 6.07) is 17.7. The van der Waals surface area contributed by atoms with Crippen LogP contribution in [0.1, 0.15) is 63.3 Å². The van der Waals surface area contributed by atoms with Crippen LogP contribution in [0.3, 0.4) is 0 Å². The number of anilines is 1. The van der Waals surface area contributed by atoms with E-state index in [0.717, 1.165) is 40.3 Å². The molecule has 0 heterocycles. The van der Waals surface area contributed by atoms with Gasteiger partial charge in [-0.3, -0.25) is 9.59 Å². The zero-order valence-corrected chi connectivity index (χ0v) is 23.0. The Bertz CT molecular complexity index is 1360. The van der Waals surface area contributed by atoms with E-state index < -0.39 is 23.8 Å². The van der Waals surface area contributed by atoms with E-state index in [4.69, 9.17) is 4.74 Å². The van der Waals surface area contributed by atoms with E-state index >= 15 is 0 Å². The fourth-order valence-electron chi connectivity index (χ4n) is 4.49. The lowest BCUT2D eigenvalue weighted by molar-refractivity contribution is -0.141. The minimum Gasteiger partial charge on any atom is -0.444 e. The summed E-state index contributed by atoms with van der Waals surface area (Å²) >= 11 is 0. The molecule has 2 unspecified atom stereocenters. The van der Waals surface area contributed by atoms with Crippen LogP contribution in [0.4, 0.5) is 10.5 Å². The summed E-state index contributed by atoms with van der Waals surface area (Å²) in [6.45, 7) is 10.9. The molecule has 0 saturated heterocycles. The van der Waals surface area contributed by atoms with Gasteiger partial charge in [-0.2, -0.15) is 0 Å². The molecule has 38 heavy (non-hydrogen) atoms. The molecule has 0 bridgehead atoms. The number of fused-ring (bicyclic) bond motifs is 1. The number of benzene rings is 3. The van der Waals surface area contributed by atoms with Crippen LogP contribution in [-0.4, -0.2) is 40.5 Å². The van der Waals surface area contributed by atoms with Crippen LogP contribution in [0.5, 0.6) is 0 Å². The van der Waals surface area contributed by atoms with Gasteiger partial charge in [-0.15, -0.1) is 0 Å². The van der Waals surface area contributed by atoms with Crippen molar-refractivity contribution in [1.29, 1.82) is 0 Å². The first-order valence-electron chi connectivity index (χ1n) is 13.1. The van der Waals surface area contributed by atoms with Crippen molar-refractivity contribution < 1.29 is 19.1 Å². The van der Waals surface area contributed by atoms with Gasteiger partial charge in [0, 0.05) is 11.7 Å². The van der Waals surface area contributed by atoms with Crippen molar-refractivity contribution >= 4 is 34.4 Å². The van der Waals surface area contributed by atoms with Gasteiger partial charge in [0.1, 0.15) is 17.7 Å². The summed E-state index contributed by atoms with van der Waals surface area (Å²) in [5.41, 5.74) is 2.84. The molecule has 1 saturated carbocycles. The standard InChI is InChI=1S/C31H37N3O4/c1-19-11-12-24(17-20(19)2)27(28(35)33-25-14-13-22-9-7-8-10-23(22)18-25)34(26-15-16-26)29(36)21(3)32-30(37)38-31(4,5)6/h7-14,17-18,21,26-27H,15-16H2,1-6H3,(H,32,37)(H,33,35). The van der Waals surface area contributed by atoms with Gasteiger partial charge in [-0.25, -0.2) is 4.79 Å². The van der Waals surface area contributed by atoms with Crippen molar-refractivity contribution in [3.63, 3.8) is 0 Å². The fourth-order valence-corrected chi connectivity index (χ4v) is 4.49. The molecule has 3 aromatic carbocycles. The number of ether oxygens (including phenoxy) is 1. The summed E-state index contributed by atoms with van der Waals surface area (Å²) in [6.07, 6.45) is 0.933. The molecule has 2 atom stereocenters. The average Bonchev–Trinajstić information content (AvgIpc) is 3.67. The minimum atomic E-state index is -0.868. The molecule has 0 radical (unpaired) electrons. The summed E-state index contributed by atoms with van der Waals surface area (Å²) in [7, 11) is 0. The van der Waals surface area contributed by atoms with Crippen molar-refractivity contribution in [3.05, 3.63) is 77.4 Å². The van der Waals surface area contributed by atoms with E-state index in [1.165, 1.54) is 0 Å². The van der Waals surface area contributed by atoms with E-state index in [-0.39, 0.29) is 17.9 Å². The quantitative estimate of drug-likeness (QED) is 0.402. The van der Waals surface area contributed by atoms with E-state index in [9.17, 15) is 14.4 Å². The van der Waals surface area contributed by atoms with Crippen LogP contribution in [0.15, 0.2) is 60.7 Å². The number of hydrogen-bond donors (Lipinski definition) is 2. The minimum absolute atomic E-state index is 0.0839. The highest BCUT2D eigenvalue weighted by Crippen LogP contribution is 2.36. The van der Waals surface area contributed by atoms with Crippen molar-refractivity contribution in [2.75, 3.05) is 5.32 Å². The predicted octanol–water partition coefficient (Wildman–Crippen LogP) is 6.04. The van der Waals surface area contributed by atoms with Crippen molar-refractivity contribution in [2.45, 2.75) is 78.1 Å². The van der Waals surface area contributed by atoms with Crippen LogP contribution in [0.2, 0.25) is 0 Å². The molecule has 0 aromatic heterocycles. The van der Waals surface area contributed by atoms with Gasteiger partial charge in [0.25, 0.3) is 5.91 Å². The number of hydrogen-bond acceptors (Lipinski definition) is 4. The summed E-state index contributed by atoms with van der Waals surface area (Å²) in [5.74, 6) is -0.622. The highest BCUT2D eigenvalue weighted by atomic mass is 16.6. The average molecular weight is 516 g/mol. The Kier molecular flexibility index (Phi) is 7.76. The fraction of sp³-hybridized carbons (Fsp3) is 0.387. The molecular weight excluding hydrogens is 478 g/mol. The Balaban J connectivity index is 1.66. The van der Waals surface area contributed by atoms with E-state index in [1.54, 1.807) is 32.6 Å². The summed E-state index contributed by atoms with van der Waals surface area (Å²) in [4.78, 5) is 41.8. The van der Waals surface area contributed by atoms with Crippen molar-refractivity contribution in [2.24, 2.45) is 0 Å². The number of aryl methyl sites for hydroxylation is 2. The van der Waals surface area contributed by atoms with Crippen LogP contribution in [0, 0.1) is 13.8 Å². The first-order chi connectivity index (χ1) is 17.9. The molecule has 1 fully saturated rings. The summed E-state index contributed by atoms with van der Waals surface area (Å²) in [5, 5.41) is 7.79. The Hall–Kier alpha value is -3.87. The maximum atomic E-state index is 13.9. The Morgan fingerprint density at radius 2 is 1.61 bits per heavy atom. The zero-order chi connectivity index (χ0) is 27.6. The number of carbonyl (C=O) groups is 3. The van der Waals surface area contributed by atoms with Crippen molar-refractivity contribution in [1.82, 2.24) is 10.2 Å². The molecule has 4 rings (SSSR count). The first kappa shape index (κ1) is 27.2. The molecule has 0 aliphatic heterocycles. The van der Waals surface area contributed by atoms with E-state index in [0.29, 0.717) is 5.69 Å². The molecular formula is C31H37N3O4. The summed E-state index contributed by atoms with van der Waals surface area (Å²) < 4.78 is 5.35. The second-order valence-electron chi connectivity index (χ2n) is 11.1. The molecule has 1 aliphatic carbocycles. The maximum absolute atomic E-state index is 13.9. The Morgan fingerprint density at radius 1 is 0.921 bits per heavy atom. The van der Waals surface area contributed by atoms with Gasteiger partial charge >= 0.3 is 6.09 Å². The zero-order valence-electron chi connectivity index (χ0n) is 23.0. The van der Waals surface area contributed by atoms with Gasteiger partial charge in [-0.05, 0) is 94.0 Å². The molecule has 3 amide bonds. The number of nitrogens with zero attached hydrogens (tertiary/aromatic N) is 1. The lowest BCUT2D eigenvalue weighted by atomic mass is 9.98. The van der Waals surface area contributed by atoms with Gasteiger partial charge in [0.05, 0.1) is 0 Å². The lowest BCUT2D eigenvalue weighted by Crippen LogP contribution is -2.52. The lowest BCUT2D eigenvalue weighted by Gasteiger charge is -2.34. The first-order valence-corrected chi connectivity index (χ1v) is 13.1. The SMILES string of the molecule is Cc1ccc(C(C(=O)Nc2ccc3ccccc3c2)N(C(=O)C(C)NC(=O)OC(C)(C)C)C2CC2)cc1C. The van der Waals surface area contributed by atoms with Crippen LogP contribution >= 0.6 is 0 Å². The predicted molar refractivity (Wildman–Crippen MR) is 150 cm³/mol. The van der Waals surface area contributed by atoms with Gasteiger partial charge in [0.2, 0.25) is 5.91 Å². The number of alkyl carbamates (subject to hydrolysis) is 1. The number of nitrogens with one attached hydrogen (secondary N) is 2. The monoisotopic (exact) mass is 515 g/mol. The number of carbonyl (C=O) groups excluding carboxylic acids is 3. The largest absolute Gasteiger partial charge is 0.444 e. The Morgan fingerprint density at radius 3 is 2.24 bits per heavy atom. The third kappa shape index (κ3) is 6.52. The van der Waals surface area contributed by atoms with Gasteiger partial charge in [0.15, 0.2) is 0 Å². The molecule has 0 spiro atoms. The van der Waals surface area contributed by atoms with E-state index in [2.05, 4.69) is 10.6 Å². The molecule has 200 valence electrons. The molecule has 7 nitrogen and oxygen atoms in total. The van der Waals surface area contributed by atoms with E-state index in [1.807, 2.05) is 74.5 Å². The number of amides is 3. The third-order valence-corrected chi connectivity index (χ3v) is 6.69. The van der Waals surface area contributed by atoms with Gasteiger partial charge in [-0.1, -0.05) is 48.5 Å². The second-order valence-corrected chi connectivity index (χ2v) is 11.1. The maximum Gasteiger partial charge on any atom is 0.408 e.